The molecule has 1 aliphatic rings. The van der Waals surface area contributed by atoms with Crippen LogP contribution in [0.4, 0.5) is 0 Å². The van der Waals surface area contributed by atoms with E-state index in [0.717, 1.165) is 25.7 Å². The second-order valence-electron chi connectivity index (χ2n) is 3.01. The average Bonchev–Trinajstić information content (AvgIpc) is 2.18. The summed E-state index contributed by atoms with van der Waals surface area (Å²) in [4.78, 5) is 0. The lowest BCUT2D eigenvalue weighted by Gasteiger charge is -2.14. The minimum absolute atomic E-state index is 0.493. The smallest absolute Gasteiger partial charge is 0.309 e. The third-order valence-electron chi connectivity index (χ3n) is 2.00. The molecule has 0 N–H and O–H groups in total. The van der Waals surface area contributed by atoms with Gasteiger partial charge >= 0.3 is 7.60 Å². The van der Waals surface area contributed by atoms with Crippen LogP contribution >= 0.6 is 7.60 Å². The van der Waals surface area contributed by atoms with E-state index in [1.807, 2.05) is 6.92 Å². The molecular formula is C8H17O3P. The maximum Gasteiger partial charge on any atom is 0.330 e. The summed E-state index contributed by atoms with van der Waals surface area (Å²) in [5.74, 6) is 0. The molecule has 1 fully saturated rings. The van der Waals surface area contributed by atoms with Crippen LogP contribution in [0, 0.1) is 0 Å². The average molecular weight is 192 g/mol. The Morgan fingerprint density at radius 2 is 1.58 bits per heavy atom. The molecule has 1 rings (SSSR count). The van der Waals surface area contributed by atoms with Gasteiger partial charge in [0.05, 0.1) is 13.2 Å². The molecule has 1 saturated heterocycles. The summed E-state index contributed by atoms with van der Waals surface area (Å²) in [6.07, 6.45) is 4.83. The normalized spacial score (nSPS) is 25.4. The molecule has 72 valence electrons. The van der Waals surface area contributed by atoms with Crippen molar-refractivity contribution in [2.45, 2.75) is 32.6 Å². The molecule has 1 aliphatic heterocycles. The second-order valence-corrected chi connectivity index (χ2v) is 5.38. The lowest BCUT2D eigenvalue weighted by atomic mass is 10.2. The van der Waals surface area contributed by atoms with E-state index in [1.54, 1.807) is 0 Å². The van der Waals surface area contributed by atoms with Crippen LogP contribution in [0.1, 0.15) is 32.6 Å². The van der Waals surface area contributed by atoms with Crippen molar-refractivity contribution in [2.24, 2.45) is 0 Å². The fourth-order valence-corrected chi connectivity index (χ4v) is 2.44. The first-order chi connectivity index (χ1) is 5.77. The van der Waals surface area contributed by atoms with Gasteiger partial charge in [0.2, 0.25) is 0 Å². The van der Waals surface area contributed by atoms with Gasteiger partial charge in [-0.1, -0.05) is 19.8 Å². The van der Waals surface area contributed by atoms with Crippen molar-refractivity contribution in [1.82, 2.24) is 0 Å². The summed E-state index contributed by atoms with van der Waals surface area (Å²) in [5.41, 5.74) is 0. The maximum atomic E-state index is 11.7. The molecule has 12 heavy (non-hydrogen) atoms. The van der Waals surface area contributed by atoms with Crippen molar-refractivity contribution in [2.75, 3.05) is 19.4 Å². The molecule has 3 nitrogen and oxygen atoms in total. The van der Waals surface area contributed by atoms with Gasteiger partial charge in [0.25, 0.3) is 0 Å². The minimum Gasteiger partial charge on any atom is -0.309 e. The summed E-state index contributed by atoms with van der Waals surface area (Å²) in [5, 5.41) is 0. The summed E-state index contributed by atoms with van der Waals surface area (Å²) < 4.78 is 22.1. The molecule has 0 radical (unpaired) electrons. The molecule has 0 amide bonds. The Balaban J connectivity index is 2.44. The summed E-state index contributed by atoms with van der Waals surface area (Å²) >= 11 is 0. The van der Waals surface area contributed by atoms with Crippen LogP contribution in [0.2, 0.25) is 0 Å². The van der Waals surface area contributed by atoms with Crippen molar-refractivity contribution in [1.29, 1.82) is 0 Å². The van der Waals surface area contributed by atoms with E-state index in [4.69, 9.17) is 9.05 Å². The third kappa shape index (κ3) is 3.26. The van der Waals surface area contributed by atoms with Gasteiger partial charge in [-0.05, 0) is 12.8 Å². The largest absolute Gasteiger partial charge is 0.330 e. The standard InChI is InChI=1S/C8H17O3P/c1-2-12(9)10-7-5-3-4-6-8-11-12/h2-8H2,1H3. The van der Waals surface area contributed by atoms with Gasteiger partial charge in [0.1, 0.15) is 0 Å². The van der Waals surface area contributed by atoms with E-state index in [-0.39, 0.29) is 0 Å². The van der Waals surface area contributed by atoms with E-state index in [1.165, 1.54) is 0 Å². The molecule has 0 aromatic heterocycles. The molecule has 0 unspecified atom stereocenters. The Morgan fingerprint density at radius 1 is 1.08 bits per heavy atom. The Bertz CT molecular complexity index is 156. The minimum atomic E-state index is -2.69. The Hall–Kier alpha value is 0.150. The summed E-state index contributed by atoms with van der Waals surface area (Å²) in [7, 11) is -2.69. The van der Waals surface area contributed by atoms with Crippen molar-refractivity contribution >= 4 is 7.60 Å². The molecule has 0 aliphatic carbocycles. The first kappa shape index (κ1) is 10.2. The molecule has 1 heterocycles. The third-order valence-corrected chi connectivity index (χ3v) is 3.93. The van der Waals surface area contributed by atoms with Crippen LogP contribution in [0.15, 0.2) is 0 Å². The van der Waals surface area contributed by atoms with Gasteiger partial charge in [0, 0.05) is 6.16 Å². The van der Waals surface area contributed by atoms with E-state index in [2.05, 4.69) is 0 Å². The van der Waals surface area contributed by atoms with Crippen LogP contribution in [0.3, 0.4) is 0 Å². The first-order valence-corrected chi connectivity index (χ1v) is 6.38. The molecular weight excluding hydrogens is 175 g/mol. The number of rotatable bonds is 1. The van der Waals surface area contributed by atoms with Crippen molar-refractivity contribution in [3.63, 3.8) is 0 Å². The van der Waals surface area contributed by atoms with Gasteiger partial charge in [0.15, 0.2) is 0 Å². The zero-order chi connectivity index (χ0) is 8.86. The zero-order valence-corrected chi connectivity index (χ0v) is 8.52. The van der Waals surface area contributed by atoms with Gasteiger partial charge in [-0.2, -0.15) is 0 Å². The fraction of sp³-hybridized carbons (Fsp3) is 1.00. The quantitative estimate of drug-likeness (QED) is 0.599. The highest BCUT2D eigenvalue weighted by Crippen LogP contribution is 2.48. The van der Waals surface area contributed by atoms with Crippen LogP contribution in [-0.4, -0.2) is 19.4 Å². The molecule has 0 atom stereocenters. The van der Waals surface area contributed by atoms with E-state index >= 15 is 0 Å². The molecule has 0 bridgehead atoms. The first-order valence-electron chi connectivity index (χ1n) is 4.65. The van der Waals surface area contributed by atoms with Crippen LogP contribution in [-0.2, 0) is 13.6 Å². The predicted octanol–water partition coefficient (Wildman–Crippen LogP) is 2.81. The zero-order valence-electron chi connectivity index (χ0n) is 7.62. The van der Waals surface area contributed by atoms with E-state index in [9.17, 15) is 4.57 Å². The van der Waals surface area contributed by atoms with Gasteiger partial charge in [-0.25, -0.2) is 0 Å². The van der Waals surface area contributed by atoms with Gasteiger partial charge in [-0.15, -0.1) is 0 Å². The highest BCUT2D eigenvalue weighted by molar-refractivity contribution is 7.53. The van der Waals surface area contributed by atoms with Gasteiger partial charge in [-0.3, -0.25) is 4.57 Å². The number of hydrogen-bond acceptors (Lipinski definition) is 3. The Kier molecular flexibility index (Phi) is 4.27. The topological polar surface area (TPSA) is 35.5 Å². The van der Waals surface area contributed by atoms with Crippen molar-refractivity contribution in [3.8, 4) is 0 Å². The Morgan fingerprint density at radius 3 is 2.00 bits per heavy atom. The monoisotopic (exact) mass is 192 g/mol. The molecule has 4 heteroatoms. The van der Waals surface area contributed by atoms with Crippen molar-refractivity contribution in [3.05, 3.63) is 0 Å². The SMILES string of the molecule is CCP1(=O)OCCCCCCO1. The molecule has 0 aromatic rings. The number of hydrogen-bond donors (Lipinski definition) is 0. The lowest BCUT2D eigenvalue weighted by molar-refractivity contribution is 0.211. The molecule has 0 aromatic carbocycles. The van der Waals surface area contributed by atoms with Crippen LogP contribution in [0.5, 0.6) is 0 Å². The van der Waals surface area contributed by atoms with Crippen molar-refractivity contribution < 1.29 is 13.6 Å². The highest BCUT2D eigenvalue weighted by Gasteiger charge is 2.21. The summed E-state index contributed by atoms with van der Waals surface area (Å²) in [6.45, 7) is 3.02. The predicted molar refractivity (Wildman–Crippen MR) is 48.5 cm³/mol. The maximum absolute atomic E-state index is 11.7. The highest BCUT2D eigenvalue weighted by atomic mass is 31.2. The van der Waals surface area contributed by atoms with E-state index < -0.39 is 7.60 Å². The Labute approximate surface area is 74.0 Å². The van der Waals surface area contributed by atoms with Gasteiger partial charge < -0.3 is 9.05 Å². The molecule has 0 saturated carbocycles. The molecule has 0 spiro atoms. The van der Waals surface area contributed by atoms with Crippen LogP contribution < -0.4 is 0 Å². The van der Waals surface area contributed by atoms with Crippen LogP contribution in [0.25, 0.3) is 0 Å². The summed E-state index contributed by atoms with van der Waals surface area (Å²) in [6, 6.07) is 0. The van der Waals surface area contributed by atoms with E-state index in [0.29, 0.717) is 19.4 Å². The second kappa shape index (κ2) is 5.00. The lowest BCUT2D eigenvalue weighted by Crippen LogP contribution is -1.98. The fourth-order valence-electron chi connectivity index (χ4n) is 1.18.